The van der Waals surface area contributed by atoms with Crippen molar-refractivity contribution in [1.82, 2.24) is 14.9 Å². The minimum absolute atomic E-state index is 0.246. The van der Waals surface area contributed by atoms with E-state index in [1.54, 1.807) is 41.3 Å². The molecule has 1 fully saturated rings. The fraction of sp³-hybridized carbons (Fsp3) is 0.300. The van der Waals surface area contributed by atoms with Crippen LogP contribution in [0, 0.1) is 12.3 Å². The number of carbonyl (C=O) groups excluding carboxylic acids is 1. The number of urea groups is 1. The molecule has 7 nitrogen and oxygen atoms in total. The Balaban J connectivity index is 1.47. The zero-order valence-electron chi connectivity index (χ0n) is 15.9. The van der Waals surface area contributed by atoms with Crippen molar-refractivity contribution < 1.29 is 14.0 Å². The van der Waals surface area contributed by atoms with Crippen LogP contribution in [0.4, 0.5) is 14.9 Å². The van der Waals surface area contributed by atoms with Crippen molar-refractivity contribution in [1.29, 1.82) is 0 Å². The molecular formula is C20H21ClFN6O+. The van der Waals surface area contributed by atoms with Gasteiger partial charge in [0.15, 0.2) is 0 Å². The summed E-state index contributed by atoms with van der Waals surface area (Å²) >= 11 is 5.85. The summed E-state index contributed by atoms with van der Waals surface area (Å²) in [5.74, 6) is 0. The summed E-state index contributed by atoms with van der Waals surface area (Å²) in [7, 11) is 0. The molecule has 29 heavy (non-hydrogen) atoms. The summed E-state index contributed by atoms with van der Waals surface area (Å²) < 4.78 is 14.9. The fourth-order valence-corrected chi connectivity index (χ4v) is 3.18. The highest BCUT2D eigenvalue weighted by Gasteiger charge is 2.43. The number of hydrogen-bond donors (Lipinski definition) is 2. The molecule has 2 amide bonds. The molecule has 2 N–H and O–H groups in total. The molecule has 1 aromatic carbocycles. The molecule has 1 aliphatic rings. The Morgan fingerprint density at radius 1 is 1.31 bits per heavy atom. The second-order valence-electron chi connectivity index (χ2n) is 7.42. The number of halogens is 2. The molecule has 0 unspecified atom stereocenters. The smallest absolute Gasteiger partial charge is 0.304 e. The van der Waals surface area contributed by atoms with E-state index in [0.717, 1.165) is 24.0 Å². The van der Waals surface area contributed by atoms with Crippen molar-refractivity contribution in [3.05, 3.63) is 59.5 Å². The molecule has 9 heteroatoms. The van der Waals surface area contributed by atoms with Crippen LogP contribution in [-0.2, 0) is 6.54 Å². The van der Waals surface area contributed by atoms with Crippen LogP contribution in [0.1, 0.15) is 18.4 Å². The molecule has 3 aromatic rings. The average Bonchev–Trinajstić information content (AvgIpc) is 3.33. The Bertz CT molecular complexity index is 1030. The number of rotatable bonds is 6. The number of nitrogens with zero attached hydrogens (tertiary/aromatic N) is 4. The zero-order valence-corrected chi connectivity index (χ0v) is 16.7. The van der Waals surface area contributed by atoms with Gasteiger partial charge in [-0.2, -0.15) is 5.10 Å². The lowest BCUT2D eigenvalue weighted by molar-refractivity contribution is -0.701. The van der Waals surface area contributed by atoms with Gasteiger partial charge in [0.2, 0.25) is 6.20 Å². The number of anilines is 1. The van der Waals surface area contributed by atoms with Crippen LogP contribution < -0.4 is 15.5 Å². The van der Waals surface area contributed by atoms with Gasteiger partial charge in [-0.05, 0) is 49.6 Å². The lowest BCUT2D eigenvalue weighted by Crippen LogP contribution is -2.52. The summed E-state index contributed by atoms with van der Waals surface area (Å²) in [5, 5.41) is 12.1. The van der Waals surface area contributed by atoms with Gasteiger partial charge in [-0.3, -0.25) is 9.07 Å². The fourth-order valence-electron chi connectivity index (χ4n) is 3.05. The molecule has 1 aliphatic carbocycles. The average molecular weight is 416 g/mol. The highest BCUT2D eigenvalue weighted by Crippen LogP contribution is 2.47. The van der Waals surface area contributed by atoms with Crippen molar-refractivity contribution in [2.75, 3.05) is 17.4 Å². The standard InChI is InChI=1S/C20H20ClFN6O/c1-14-6-9-28(26-19(29)24-17-4-2-16(21)3-5-17)25-18(14)15-10-23-27(11-15)13-20(12-22)7-8-20/h2-6,9-11H,7-8,12-13H2,1H3,(H-,24,25,26,29)/p+1. The van der Waals surface area contributed by atoms with Crippen molar-refractivity contribution >= 4 is 23.3 Å². The first-order chi connectivity index (χ1) is 14.0. The van der Waals surface area contributed by atoms with E-state index in [9.17, 15) is 9.18 Å². The third kappa shape index (κ3) is 4.54. The zero-order chi connectivity index (χ0) is 20.4. The number of benzene rings is 1. The Morgan fingerprint density at radius 3 is 2.76 bits per heavy atom. The van der Waals surface area contributed by atoms with Gasteiger partial charge in [0.05, 0.1) is 12.9 Å². The molecule has 0 saturated heterocycles. The predicted octanol–water partition coefficient (Wildman–Crippen LogP) is 3.72. The van der Waals surface area contributed by atoms with Crippen molar-refractivity contribution in [3.8, 4) is 11.3 Å². The van der Waals surface area contributed by atoms with Crippen LogP contribution in [0.5, 0.6) is 0 Å². The number of aromatic nitrogens is 4. The second-order valence-corrected chi connectivity index (χ2v) is 7.86. The normalized spacial score (nSPS) is 14.4. The van der Waals surface area contributed by atoms with Gasteiger partial charge in [-0.1, -0.05) is 17.0 Å². The third-order valence-electron chi connectivity index (χ3n) is 5.01. The Hall–Kier alpha value is -3.00. The van der Waals surface area contributed by atoms with E-state index in [1.165, 1.54) is 4.79 Å². The molecule has 1 saturated carbocycles. The van der Waals surface area contributed by atoms with Crippen LogP contribution in [0.3, 0.4) is 0 Å². The molecule has 0 bridgehead atoms. The highest BCUT2D eigenvalue weighted by molar-refractivity contribution is 6.30. The third-order valence-corrected chi connectivity index (χ3v) is 5.26. The number of alkyl halides is 1. The van der Waals surface area contributed by atoms with Gasteiger partial charge < -0.3 is 5.32 Å². The van der Waals surface area contributed by atoms with Crippen molar-refractivity contribution in [2.45, 2.75) is 26.3 Å². The first-order valence-electron chi connectivity index (χ1n) is 9.28. The molecule has 4 rings (SSSR count). The first kappa shape index (κ1) is 19.3. The molecule has 0 atom stereocenters. The van der Waals surface area contributed by atoms with E-state index in [1.807, 2.05) is 19.2 Å². The number of hydrogen-bond acceptors (Lipinski definition) is 3. The summed E-state index contributed by atoms with van der Waals surface area (Å²) in [6.45, 7) is 2.18. The van der Waals surface area contributed by atoms with Crippen LogP contribution in [0.25, 0.3) is 11.3 Å². The molecule has 0 aliphatic heterocycles. The summed E-state index contributed by atoms with van der Waals surface area (Å²) in [5.41, 5.74) is 5.46. The summed E-state index contributed by atoms with van der Waals surface area (Å²) in [6, 6.07) is 8.22. The van der Waals surface area contributed by atoms with E-state index in [0.29, 0.717) is 22.9 Å². The summed E-state index contributed by atoms with van der Waals surface area (Å²) in [4.78, 5) is 13.6. The maximum absolute atomic E-state index is 13.2. The SMILES string of the molecule is Cc1cc[n+](NC(=O)Nc2ccc(Cl)cc2)nc1-c1cnn(CC2(CF)CC2)c1. The Kier molecular flexibility index (Phi) is 5.19. The van der Waals surface area contributed by atoms with E-state index < -0.39 is 6.03 Å². The van der Waals surface area contributed by atoms with Crippen molar-refractivity contribution in [3.63, 3.8) is 0 Å². The van der Waals surface area contributed by atoms with Crippen molar-refractivity contribution in [2.24, 2.45) is 5.41 Å². The largest absolute Gasteiger partial charge is 0.374 e. The highest BCUT2D eigenvalue weighted by atomic mass is 35.5. The van der Waals surface area contributed by atoms with Crippen LogP contribution >= 0.6 is 11.6 Å². The quantitative estimate of drug-likeness (QED) is 0.602. The maximum atomic E-state index is 13.2. The topological polar surface area (TPSA) is 75.7 Å². The molecule has 2 heterocycles. The molecular weight excluding hydrogens is 395 g/mol. The van der Waals surface area contributed by atoms with E-state index in [-0.39, 0.29) is 12.1 Å². The Labute approximate surface area is 172 Å². The first-order valence-corrected chi connectivity index (χ1v) is 9.66. The van der Waals surface area contributed by atoms with Gasteiger partial charge in [0.25, 0.3) is 0 Å². The lowest BCUT2D eigenvalue weighted by atomic mass is 10.1. The van der Waals surface area contributed by atoms with E-state index in [4.69, 9.17) is 11.6 Å². The minimum Gasteiger partial charge on any atom is -0.304 e. The maximum Gasteiger partial charge on any atom is 0.374 e. The number of carbonyl (C=O) groups is 1. The van der Waals surface area contributed by atoms with Gasteiger partial charge in [0.1, 0.15) is 5.69 Å². The van der Waals surface area contributed by atoms with E-state index >= 15 is 0 Å². The monoisotopic (exact) mass is 415 g/mol. The van der Waals surface area contributed by atoms with Crippen LogP contribution in [0.15, 0.2) is 48.9 Å². The van der Waals surface area contributed by atoms with Gasteiger partial charge in [-0.15, -0.1) is 0 Å². The predicted molar refractivity (Wildman–Crippen MR) is 108 cm³/mol. The number of aryl methyl sites for hydroxylation is 1. The molecule has 0 spiro atoms. The number of amides is 2. The molecule has 150 valence electrons. The second kappa shape index (κ2) is 7.79. The summed E-state index contributed by atoms with van der Waals surface area (Å²) in [6.07, 6.45) is 7.03. The lowest BCUT2D eigenvalue weighted by Gasteiger charge is -2.09. The molecule has 0 radical (unpaired) electrons. The van der Waals surface area contributed by atoms with Crippen LogP contribution in [-0.4, -0.2) is 27.6 Å². The Morgan fingerprint density at radius 2 is 2.07 bits per heavy atom. The van der Waals surface area contributed by atoms with E-state index in [2.05, 4.69) is 20.9 Å². The van der Waals surface area contributed by atoms with Gasteiger partial charge in [0, 0.05) is 50.4 Å². The molecule has 2 aromatic heterocycles. The van der Waals surface area contributed by atoms with Crippen LogP contribution in [0.2, 0.25) is 5.02 Å². The minimum atomic E-state index is -0.436. The number of nitrogens with one attached hydrogen (secondary N) is 2. The van der Waals surface area contributed by atoms with Gasteiger partial charge >= 0.3 is 6.03 Å². The van der Waals surface area contributed by atoms with Gasteiger partial charge in [-0.25, -0.2) is 4.79 Å².